The lowest BCUT2D eigenvalue weighted by atomic mass is 9.89. The maximum Gasteiger partial charge on any atom is 0.318 e. The number of aliphatic hydroxyl groups is 1. The number of imide groups is 1. The number of urea groups is 1. The van der Waals surface area contributed by atoms with Crippen molar-refractivity contribution < 1.29 is 19.4 Å². The summed E-state index contributed by atoms with van der Waals surface area (Å²) in [5.74, 6) is -0.0279. The molecule has 1 aliphatic carbocycles. The maximum absolute atomic E-state index is 11.6. The van der Waals surface area contributed by atoms with Crippen molar-refractivity contribution in [1.82, 2.24) is 5.32 Å². The summed E-state index contributed by atoms with van der Waals surface area (Å²) in [5.41, 5.74) is 6.66. The van der Waals surface area contributed by atoms with E-state index >= 15 is 0 Å². The number of carbonyl (C=O) groups is 2. The molecule has 0 spiro atoms. The van der Waals surface area contributed by atoms with E-state index < -0.39 is 24.1 Å². The minimum Gasteiger partial charge on any atom is -0.481 e. The standard InChI is InChI=1S/C14H18N2O4/c1-8(13(18)16-14(15)19)20-12-7-3-4-9-10(12)5-2-6-11(9)17/h3-4,7-8,11,17H,2,5-6H2,1H3,(H3,15,16,18,19). The zero-order valence-corrected chi connectivity index (χ0v) is 11.3. The average Bonchev–Trinajstić information content (AvgIpc) is 2.39. The van der Waals surface area contributed by atoms with Crippen LogP contribution in [0.4, 0.5) is 4.79 Å². The van der Waals surface area contributed by atoms with Crippen molar-refractivity contribution in [2.75, 3.05) is 0 Å². The number of hydrogen-bond acceptors (Lipinski definition) is 4. The average molecular weight is 278 g/mol. The molecule has 4 N–H and O–H groups in total. The highest BCUT2D eigenvalue weighted by atomic mass is 16.5. The molecular formula is C14H18N2O4. The molecular weight excluding hydrogens is 260 g/mol. The number of amides is 3. The zero-order valence-electron chi connectivity index (χ0n) is 11.3. The van der Waals surface area contributed by atoms with Crippen LogP contribution < -0.4 is 15.8 Å². The van der Waals surface area contributed by atoms with Crippen LogP contribution in [0.15, 0.2) is 18.2 Å². The number of fused-ring (bicyclic) bond motifs is 1. The molecule has 0 fully saturated rings. The number of primary amides is 1. The number of rotatable bonds is 3. The van der Waals surface area contributed by atoms with Crippen molar-refractivity contribution in [2.24, 2.45) is 5.73 Å². The van der Waals surface area contributed by atoms with Gasteiger partial charge in [0.1, 0.15) is 5.75 Å². The number of carbonyl (C=O) groups excluding carboxylic acids is 2. The van der Waals surface area contributed by atoms with Crippen LogP contribution in [0.25, 0.3) is 0 Å². The van der Waals surface area contributed by atoms with E-state index in [-0.39, 0.29) is 0 Å². The van der Waals surface area contributed by atoms with Gasteiger partial charge in [-0.2, -0.15) is 0 Å². The predicted molar refractivity (Wildman–Crippen MR) is 72.2 cm³/mol. The zero-order chi connectivity index (χ0) is 14.7. The molecule has 1 aromatic carbocycles. The number of benzene rings is 1. The van der Waals surface area contributed by atoms with Gasteiger partial charge in [0.2, 0.25) is 0 Å². The van der Waals surface area contributed by atoms with Crippen molar-refractivity contribution in [1.29, 1.82) is 0 Å². The van der Waals surface area contributed by atoms with E-state index in [0.717, 1.165) is 30.4 Å². The second-order valence-electron chi connectivity index (χ2n) is 4.85. The van der Waals surface area contributed by atoms with Crippen LogP contribution >= 0.6 is 0 Å². The van der Waals surface area contributed by atoms with Crippen LogP contribution in [0.2, 0.25) is 0 Å². The number of ether oxygens (including phenoxy) is 1. The molecule has 0 aliphatic heterocycles. The van der Waals surface area contributed by atoms with Gasteiger partial charge < -0.3 is 15.6 Å². The van der Waals surface area contributed by atoms with Gasteiger partial charge in [-0.3, -0.25) is 10.1 Å². The van der Waals surface area contributed by atoms with Gasteiger partial charge in [0.05, 0.1) is 6.10 Å². The highest BCUT2D eigenvalue weighted by Gasteiger charge is 2.23. The van der Waals surface area contributed by atoms with Crippen molar-refractivity contribution >= 4 is 11.9 Å². The minimum absolute atomic E-state index is 0.489. The Labute approximate surface area is 116 Å². The number of hydrogen-bond donors (Lipinski definition) is 3. The van der Waals surface area contributed by atoms with Crippen LogP contribution in [-0.4, -0.2) is 23.1 Å². The highest BCUT2D eigenvalue weighted by molar-refractivity contribution is 5.95. The molecule has 1 aromatic rings. The monoisotopic (exact) mass is 278 g/mol. The van der Waals surface area contributed by atoms with E-state index in [1.165, 1.54) is 6.92 Å². The summed E-state index contributed by atoms with van der Waals surface area (Å²) in [6, 6.07) is 4.49. The lowest BCUT2D eigenvalue weighted by Crippen LogP contribution is -2.42. The summed E-state index contributed by atoms with van der Waals surface area (Å²) in [6.07, 6.45) is 1.07. The second-order valence-corrected chi connectivity index (χ2v) is 4.85. The fourth-order valence-electron chi connectivity index (χ4n) is 2.37. The first-order valence-corrected chi connectivity index (χ1v) is 6.56. The predicted octanol–water partition coefficient (Wildman–Crippen LogP) is 1.02. The van der Waals surface area contributed by atoms with E-state index in [0.29, 0.717) is 5.75 Å². The molecule has 108 valence electrons. The molecule has 0 aromatic heterocycles. The van der Waals surface area contributed by atoms with Gasteiger partial charge in [0.15, 0.2) is 6.10 Å². The van der Waals surface area contributed by atoms with E-state index in [4.69, 9.17) is 10.5 Å². The Kier molecular flexibility index (Phi) is 4.24. The lowest BCUT2D eigenvalue weighted by Gasteiger charge is -2.24. The van der Waals surface area contributed by atoms with Crippen LogP contribution in [-0.2, 0) is 11.2 Å². The molecule has 3 amide bonds. The number of nitrogens with one attached hydrogen (secondary N) is 1. The Bertz CT molecular complexity index is 530. The van der Waals surface area contributed by atoms with Gasteiger partial charge in [0.25, 0.3) is 5.91 Å². The summed E-state index contributed by atoms with van der Waals surface area (Å²) >= 11 is 0. The van der Waals surface area contributed by atoms with E-state index in [9.17, 15) is 14.7 Å². The van der Waals surface area contributed by atoms with E-state index in [1.54, 1.807) is 12.1 Å². The van der Waals surface area contributed by atoms with Gasteiger partial charge in [0, 0.05) is 0 Å². The Morgan fingerprint density at radius 1 is 1.50 bits per heavy atom. The fraction of sp³-hybridized carbons (Fsp3) is 0.429. The molecule has 0 radical (unpaired) electrons. The highest BCUT2D eigenvalue weighted by Crippen LogP contribution is 2.35. The van der Waals surface area contributed by atoms with Crippen LogP contribution in [0.3, 0.4) is 0 Å². The van der Waals surface area contributed by atoms with Gasteiger partial charge >= 0.3 is 6.03 Å². The molecule has 2 atom stereocenters. The summed E-state index contributed by atoms with van der Waals surface area (Å²) < 4.78 is 5.59. The van der Waals surface area contributed by atoms with Crippen LogP contribution in [0.1, 0.15) is 37.0 Å². The molecule has 2 unspecified atom stereocenters. The summed E-state index contributed by atoms with van der Waals surface area (Å²) in [6.45, 7) is 1.54. The molecule has 6 nitrogen and oxygen atoms in total. The van der Waals surface area contributed by atoms with Crippen molar-refractivity contribution in [3.05, 3.63) is 29.3 Å². The number of aliphatic hydroxyl groups excluding tert-OH is 1. The second kappa shape index (κ2) is 5.92. The molecule has 0 saturated carbocycles. The van der Waals surface area contributed by atoms with E-state index in [2.05, 4.69) is 0 Å². The van der Waals surface area contributed by atoms with E-state index in [1.807, 2.05) is 11.4 Å². The van der Waals surface area contributed by atoms with Crippen LogP contribution in [0, 0.1) is 0 Å². The summed E-state index contributed by atoms with van der Waals surface area (Å²) in [5, 5.41) is 11.9. The molecule has 0 saturated heterocycles. The lowest BCUT2D eigenvalue weighted by molar-refractivity contribution is -0.126. The summed E-state index contributed by atoms with van der Waals surface area (Å²) in [7, 11) is 0. The summed E-state index contributed by atoms with van der Waals surface area (Å²) in [4.78, 5) is 22.2. The normalized spacial score (nSPS) is 18.8. The topological polar surface area (TPSA) is 102 Å². The van der Waals surface area contributed by atoms with Crippen LogP contribution in [0.5, 0.6) is 5.75 Å². The Morgan fingerprint density at radius 3 is 2.95 bits per heavy atom. The van der Waals surface area contributed by atoms with Gasteiger partial charge in [-0.05, 0) is 43.4 Å². The third-order valence-electron chi connectivity index (χ3n) is 3.35. The maximum atomic E-state index is 11.6. The van der Waals surface area contributed by atoms with Gasteiger partial charge in [-0.25, -0.2) is 4.79 Å². The third-order valence-corrected chi connectivity index (χ3v) is 3.35. The number of nitrogens with two attached hydrogens (primary N) is 1. The minimum atomic E-state index is -0.907. The SMILES string of the molecule is CC(Oc1cccc2c1CCCC2O)C(=O)NC(N)=O. The molecule has 6 heteroatoms. The quantitative estimate of drug-likeness (QED) is 0.768. The Hall–Kier alpha value is -2.08. The molecule has 0 bridgehead atoms. The molecule has 1 aliphatic rings. The smallest absolute Gasteiger partial charge is 0.318 e. The first kappa shape index (κ1) is 14.3. The van der Waals surface area contributed by atoms with Crippen molar-refractivity contribution in [2.45, 2.75) is 38.4 Å². The first-order chi connectivity index (χ1) is 9.49. The molecule has 0 heterocycles. The molecule has 20 heavy (non-hydrogen) atoms. The fourth-order valence-corrected chi connectivity index (χ4v) is 2.37. The molecule has 2 rings (SSSR count). The van der Waals surface area contributed by atoms with Crippen molar-refractivity contribution in [3.63, 3.8) is 0 Å². The third kappa shape index (κ3) is 3.08. The van der Waals surface area contributed by atoms with Gasteiger partial charge in [-0.15, -0.1) is 0 Å². The largest absolute Gasteiger partial charge is 0.481 e. The van der Waals surface area contributed by atoms with Crippen molar-refractivity contribution in [3.8, 4) is 5.75 Å². The Balaban J connectivity index is 2.16. The van der Waals surface area contributed by atoms with Gasteiger partial charge in [-0.1, -0.05) is 12.1 Å². The Morgan fingerprint density at radius 2 is 2.25 bits per heavy atom. The first-order valence-electron chi connectivity index (χ1n) is 6.56.